The van der Waals surface area contributed by atoms with Crippen molar-refractivity contribution < 1.29 is 27.4 Å². The standard InChI is InChI=1S/C34H31F3N2O3/c35-29-13-9-21(18-30(29)36)27-17-22(10-14-31(27)41-25-5-1-2-6-25)34(40)39-24-12-15-32(42-26-7-3-4-8-26)28(19-24)23-11-16-33(37)38-20-23/h9-20,25-26H,1-8H2,(H,39,40). The summed E-state index contributed by atoms with van der Waals surface area (Å²) in [7, 11) is 0. The molecule has 3 aromatic carbocycles. The molecule has 8 heteroatoms. The van der Waals surface area contributed by atoms with Gasteiger partial charge in [0.1, 0.15) is 11.5 Å². The average Bonchev–Trinajstić information content (AvgIpc) is 3.71. The molecule has 0 unspecified atom stereocenters. The molecule has 6 rings (SSSR count). The van der Waals surface area contributed by atoms with Crippen LogP contribution in [0.4, 0.5) is 18.9 Å². The Bertz CT molecular complexity index is 1580. The molecule has 2 fully saturated rings. The van der Waals surface area contributed by atoms with Gasteiger partial charge in [-0.2, -0.15) is 4.39 Å². The molecule has 1 N–H and O–H groups in total. The Balaban J connectivity index is 1.30. The average molecular weight is 573 g/mol. The lowest BCUT2D eigenvalue weighted by Gasteiger charge is -2.19. The molecule has 2 aliphatic rings. The number of ether oxygens (including phenoxy) is 2. The number of pyridine rings is 1. The van der Waals surface area contributed by atoms with Crippen molar-refractivity contribution in [2.75, 3.05) is 5.32 Å². The van der Waals surface area contributed by atoms with Crippen LogP contribution in [0.3, 0.4) is 0 Å². The second kappa shape index (κ2) is 12.3. The number of hydrogen-bond acceptors (Lipinski definition) is 4. The zero-order chi connectivity index (χ0) is 29.1. The van der Waals surface area contributed by atoms with Crippen molar-refractivity contribution in [2.45, 2.75) is 63.6 Å². The van der Waals surface area contributed by atoms with Crippen LogP contribution in [-0.4, -0.2) is 23.1 Å². The summed E-state index contributed by atoms with van der Waals surface area (Å²) in [6.07, 6.45) is 9.76. The van der Waals surface area contributed by atoms with Gasteiger partial charge in [0.05, 0.1) is 12.2 Å². The van der Waals surface area contributed by atoms with Gasteiger partial charge < -0.3 is 14.8 Å². The maximum atomic E-state index is 14.2. The van der Waals surface area contributed by atoms with E-state index in [9.17, 15) is 18.0 Å². The predicted octanol–water partition coefficient (Wildman–Crippen LogP) is 8.73. The SMILES string of the molecule is O=C(Nc1ccc(OC2CCCC2)c(-c2ccc(F)nc2)c1)c1ccc(OC2CCCC2)c(-c2ccc(F)c(F)c2)c1. The van der Waals surface area contributed by atoms with Crippen molar-refractivity contribution in [3.05, 3.63) is 96.1 Å². The van der Waals surface area contributed by atoms with Gasteiger partial charge in [-0.3, -0.25) is 4.79 Å². The Hall–Kier alpha value is -4.33. The highest BCUT2D eigenvalue weighted by atomic mass is 19.2. The first-order valence-electron chi connectivity index (χ1n) is 14.4. The molecule has 1 amide bonds. The summed E-state index contributed by atoms with van der Waals surface area (Å²) in [4.78, 5) is 17.2. The van der Waals surface area contributed by atoms with Crippen molar-refractivity contribution in [3.63, 3.8) is 0 Å². The highest BCUT2D eigenvalue weighted by molar-refractivity contribution is 6.05. The van der Waals surface area contributed by atoms with Gasteiger partial charge >= 0.3 is 0 Å². The summed E-state index contributed by atoms with van der Waals surface area (Å²) in [5.41, 5.74) is 3.11. The predicted molar refractivity (Wildman–Crippen MR) is 155 cm³/mol. The molecular weight excluding hydrogens is 541 g/mol. The van der Waals surface area contributed by atoms with Gasteiger partial charge in [-0.15, -0.1) is 0 Å². The van der Waals surface area contributed by atoms with E-state index in [2.05, 4.69) is 10.3 Å². The Kier molecular flexibility index (Phi) is 8.13. The number of rotatable bonds is 8. The second-order valence-corrected chi connectivity index (χ2v) is 10.9. The summed E-state index contributed by atoms with van der Waals surface area (Å²) in [5.74, 6) is -1.74. The van der Waals surface area contributed by atoms with Crippen LogP contribution in [0.5, 0.6) is 11.5 Å². The van der Waals surface area contributed by atoms with Gasteiger partial charge in [-0.25, -0.2) is 13.8 Å². The minimum Gasteiger partial charge on any atom is -0.490 e. The molecular formula is C34H31F3N2O3. The Morgan fingerprint density at radius 1 is 0.690 bits per heavy atom. The van der Waals surface area contributed by atoms with Gasteiger partial charge in [0.25, 0.3) is 5.91 Å². The maximum absolute atomic E-state index is 14.2. The number of anilines is 1. The molecule has 2 saturated carbocycles. The lowest BCUT2D eigenvalue weighted by molar-refractivity contribution is 0.102. The van der Waals surface area contributed by atoms with E-state index in [1.807, 2.05) is 0 Å². The maximum Gasteiger partial charge on any atom is 0.255 e. The third-order valence-corrected chi connectivity index (χ3v) is 7.94. The van der Waals surface area contributed by atoms with Crippen molar-refractivity contribution in [2.24, 2.45) is 0 Å². The molecule has 0 atom stereocenters. The fourth-order valence-electron chi connectivity index (χ4n) is 5.71. The number of carbonyl (C=O) groups is 1. The zero-order valence-corrected chi connectivity index (χ0v) is 23.0. The van der Waals surface area contributed by atoms with E-state index in [-0.39, 0.29) is 18.1 Å². The smallest absolute Gasteiger partial charge is 0.255 e. The van der Waals surface area contributed by atoms with Gasteiger partial charge in [-0.05, 0) is 118 Å². The largest absolute Gasteiger partial charge is 0.490 e. The molecule has 0 radical (unpaired) electrons. The molecule has 0 saturated heterocycles. The number of nitrogens with zero attached hydrogens (tertiary/aromatic N) is 1. The third kappa shape index (κ3) is 6.27. The second-order valence-electron chi connectivity index (χ2n) is 10.9. The van der Waals surface area contributed by atoms with E-state index in [1.54, 1.807) is 42.5 Å². The molecule has 0 aliphatic heterocycles. The summed E-state index contributed by atoms with van der Waals surface area (Å²) < 4.78 is 54.0. The third-order valence-electron chi connectivity index (χ3n) is 7.94. The van der Waals surface area contributed by atoms with E-state index in [0.717, 1.165) is 63.5 Å². The molecule has 5 nitrogen and oxygen atoms in total. The van der Waals surface area contributed by atoms with Crippen LogP contribution >= 0.6 is 0 Å². The summed E-state index contributed by atoms with van der Waals surface area (Å²) >= 11 is 0. The van der Waals surface area contributed by atoms with Crippen LogP contribution in [0.2, 0.25) is 0 Å². The molecule has 216 valence electrons. The molecule has 42 heavy (non-hydrogen) atoms. The molecule has 1 aromatic heterocycles. The normalized spacial score (nSPS) is 15.6. The number of hydrogen-bond donors (Lipinski definition) is 1. The number of amides is 1. The quantitative estimate of drug-likeness (QED) is 0.215. The highest BCUT2D eigenvalue weighted by Gasteiger charge is 2.22. The van der Waals surface area contributed by atoms with Crippen LogP contribution in [0, 0.1) is 17.6 Å². The van der Waals surface area contributed by atoms with Crippen molar-refractivity contribution >= 4 is 11.6 Å². The molecule has 2 aliphatic carbocycles. The fraction of sp³-hybridized carbons (Fsp3) is 0.294. The van der Waals surface area contributed by atoms with E-state index < -0.39 is 17.6 Å². The first kappa shape index (κ1) is 27.8. The van der Waals surface area contributed by atoms with Crippen LogP contribution in [0.1, 0.15) is 61.7 Å². The van der Waals surface area contributed by atoms with Crippen LogP contribution in [-0.2, 0) is 0 Å². The van der Waals surface area contributed by atoms with Crippen LogP contribution in [0.25, 0.3) is 22.3 Å². The van der Waals surface area contributed by atoms with Crippen molar-refractivity contribution in [1.29, 1.82) is 0 Å². The van der Waals surface area contributed by atoms with E-state index >= 15 is 0 Å². The summed E-state index contributed by atoms with van der Waals surface area (Å²) in [6, 6.07) is 16.9. The number of halogens is 3. The fourth-order valence-corrected chi connectivity index (χ4v) is 5.71. The van der Waals surface area contributed by atoms with Crippen molar-refractivity contribution in [1.82, 2.24) is 4.98 Å². The van der Waals surface area contributed by atoms with Crippen LogP contribution < -0.4 is 14.8 Å². The minimum atomic E-state index is -0.975. The molecule has 0 bridgehead atoms. The number of carbonyl (C=O) groups excluding carboxylic acids is 1. The number of aromatic nitrogens is 1. The topological polar surface area (TPSA) is 60.5 Å². The monoisotopic (exact) mass is 572 g/mol. The van der Waals surface area contributed by atoms with Gasteiger partial charge in [-0.1, -0.05) is 6.07 Å². The Morgan fingerprint density at radius 3 is 1.93 bits per heavy atom. The first-order valence-corrected chi connectivity index (χ1v) is 14.4. The summed E-state index contributed by atoms with van der Waals surface area (Å²) in [6.45, 7) is 0. The first-order chi connectivity index (χ1) is 20.4. The minimum absolute atomic E-state index is 0.0399. The molecule has 1 heterocycles. The lowest BCUT2D eigenvalue weighted by Crippen LogP contribution is -2.15. The van der Waals surface area contributed by atoms with Crippen molar-refractivity contribution in [3.8, 4) is 33.8 Å². The Labute approximate surface area is 242 Å². The molecule has 0 spiro atoms. The highest BCUT2D eigenvalue weighted by Crippen LogP contribution is 2.37. The van der Waals surface area contributed by atoms with Gasteiger partial charge in [0.2, 0.25) is 5.95 Å². The lowest BCUT2D eigenvalue weighted by atomic mass is 10.0. The Morgan fingerprint density at radius 2 is 1.31 bits per heavy atom. The zero-order valence-electron chi connectivity index (χ0n) is 23.0. The summed E-state index contributed by atoms with van der Waals surface area (Å²) in [5, 5.41) is 2.93. The molecule has 4 aromatic rings. The van der Waals surface area contributed by atoms with E-state index in [1.165, 1.54) is 18.3 Å². The number of benzene rings is 3. The van der Waals surface area contributed by atoms with Gasteiger partial charge in [0.15, 0.2) is 11.6 Å². The van der Waals surface area contributed by atoms with Crippen LogP contribution in [0.15, 0.2) is 72.9 Å². The van der Waals surface area contributed by atoms with E-state index in [0.29, 0.717) is 45.0 Å². The number of nitrogens with one attached hydrogen (secondary N) is 1. The van der Waals surface area contributed by atoms with Gasteiger partial charge in [0, 0.05) is 34.1 Å². The van der Waals surface area contributed by atoms with E-state index in [4.69, 9.17) is 9.47 Å².